The van der Waals surface area contributed by atoms with Gasteiger partial charge in [0.25, 0.3) is 0 Å². The first-order valence-corrected chi connectivity index (χ1v) is 4.83. The molecular weight excluding hydrogens is 160 g/mol. The Hall–Kier alpha value is -0.860. The second-order valence-corrected chi connectivity index (χ2v) is 3.85. The quantitative estimate of drug-likeness (QED) is 0.630. The minimum absolute atomic E-state index is 1.06. The standard InChI is InChI=1S/C11H16N2/c1-13(9-7-12-8-10-13)11-5-3-2-4-6-11/h3-6,12H,7-10H2,1H3/q+1. The summed E-state index contributed by atoms with van der Waals surface area (Å²) in [5, 5.41) is 3.39. The average Bonchev–Trinajstić information content (AvgIpc) is 2.20. The van der Waals surface area contributed by atoms with E-state index < -0.39 is 0 Å². The van der Waals surface area contributed by atoms with Crippen LogP contribution in [0.4, 0.5) is 5.69 Å². The summed E-state index contributed by atoms with van der Waals surface area (Å²) in [5.41, 5.74) is 1.40. The molecule has 69 valence electrons. The topological polar surface area (TPSA) is 12.0 Å². The fourth-order valence-electron chi connectivity index (χ4n) is 1.88. The average molecular weight is 176 g/mol. The van der Waals surface area contributed by atoms with Crippen LogP contribution in [0.1, 0.15) is 0 Å². The fourth-order valence-corrected chi connectivity index (χ4v) is 1.88. The van der Waals surface area contributed by atoms with Gasteiger partial charge < -0.3 is 5.32 Å². The van der Waals surface area contributed by atoms with E-state index in [1.807, 2.05) is 12.1 Å². The Balaban J connectivity index is 2.23. The van der Waals surface area contributed by atoms with Crippen LogP contribution in [-0.2, 0) is 0 Å². The van der Waals surface area contributed by atoms with Crippen molar-refractivity contribution in [3.05, 3.63) is 30.3 Å². The van der Waals surface area contributed by atoms with Crippen molar-refractivity contribution in [1.29, 1.82) is 0 Å². The van der Waals surface area contributed by atoms with Crippen LogP contribution in [0, 0.1) is 6.07 Å². The van der Waals surface area contributed by atoms with Crippen molar-refractivity contribution < 1.29 is 0 Å². The molecule has 13 heavy (non-hydrogen) atoms. The molecule has 0 aromatic heterocycles. The third kappa shape index (κ3) is 1.74. The Morgan fingerprint density at radius 3 is 2.46 bits per heavy atom. The highest BCUT2D eigenvalue weighted by Gasteiger charge is 2.26. The smallest absolute Gasteiger partial charge is 0.132 e. The van der Waals surface area contributed by atoms with Crippen LogP contribution in [0.15, 0.2) is 24.3 Å². The lowest BCUT2D eigenvalue weighted by Gasteiger charge is -2.37. The molecule has 1 aromatic rings. The Labute approximate surface area is 79.8 Å². The summed E-state index contributed by atoms with van der Waals surface area (Å²) in [6, 6.07) is 11.4. The number of hydrogen-bond acceptors (Lipinski definition) is 1. The number of rotatable bonds is 1. The second kappa shape index (κ2) is 3.48. The van der Waals surface area contributed by atoms with Crippen molar-refractivity contribution >= 4 is 5.69 Å². The monoisotopic (exact) mass is 176 g/mol. The molecule has 1 aliphatic heterocycles. The van der Waals surface area contributed by atoms with E-state index in [1.165, 1.54) is 18.8 Å². The van der Waals surface area contributed by atoms with E-state index in [9.17, 15) is 0 Å². The Bertz CT molecular complexity index is 263. The zero-order valence-corrected chi connectivity index (χ0v) is 8.09. The molecule has 0 atom stereocenters. The Kier molecular flexibility index (Phi) is 2.34. The molecule has 0 spiro atoms. The third-order valence-electron chi connectivity index (χ3n) is 2.89. The van der Waals surface area contributed by atoms with E-state index >= 15 is 0 Å². The van der Waals surface area contributed by atoms with Gasteiger partial charge in [0.15, 0.2) is 0 Å². The van der Waals surface area contributed by atoms with E-state index in [0.717, 1.165) is 17.6 Å². The summed E-state index contributed by atoms with van der Waals surface area (Å²) < 4.78 is 1.06. The molecule has 1 saturated heterocycles. The third-order valence-corrected chi connectivity index (χ3v) is 2.89. The largest absolute Gasteiger partial charge is 0.306 e. The molecule has 1 N–H and O–H groups in total. The highest BCUT2D eigenvalue weighted by atomic mass is 15.4. The molecule has 0 bridgehead atoms. The van der Waals surface area contributed by atoms with Crippen molar-refractivity contribution in [3.63, 3.8) is 0 Å². The minimum atomic E-state index is 1.06. The minimum Gasteiger partial charge on any atom is -0.306 e. The number of benzene rings is 1. The molecule has 1 fully saturated rings. The van der Waals surface area contributed by atoms with E-state index in [4.69, 9.17) is 0 Å². The maximum absolute atomic E-state index is 3.39. The maximum Gasteiger partial charge on any atom is 0.132 e. The van der Waals surface area contributed by atoms with E-state index in [2.05, 4.69) is 30.6 Å². The zero-order valence-electron chi connectivity index (χ0n) is 8.09. The fraction of sp³-hybridized carbons (Fsp3) is 0.455. The number of likely N-dealkylation sites (N-methyl/N-ethyl adjacent to an activating group) is 1. The van der Waals surface area contributed by atoms with Crippen LogP contribution in [0.3, 0.4) is 0 Å². The lowest BCUT2D eigenvalue weighted by molar-refractivity contribution is 0.288. The molecule has 1 aromatic carbocycles. The van der Waals surface area contributed by atoms with Gasteiger partial charge in [-0.15, -0.1) is 0 Å². The molecule has 1 aliphatic rings. The summed E-state index contributed by atoms with van der Waals surface area (Å²) >= 11 is 0. The summed E-state index contributed by atoms with van der Waals surface area (Å²) in [6.07, 6.45) is 0. The van der Waals surface area contributed by atoms with Gasteiger partial charge in [0.1, 0.15) is 5.69 Å². The molecule has 1 radical (unpaired) electrons. The highest BCUT2D eigenvalue weighted by Crippen LogP contribution is 2.20. The van der Waals surface area contributed by atoms with Crippen molar-refractivity contribution in [2.45, 2.75) is 0 Å². The van der Waals surface area contributed by atoms with Crippen LogP contribution in [0.2, 0.25) is 0 Å². The van der Waals surface area contributed by atoms with E-state index in [0.29, 0.717) is 0 Å². The number of hydrogen-bond donors (Lipinski definition) is 1. The molecule has 2 heteroatoms. The van der Waals surface area contributed by atoms with Gasteiger partial charge in [0.2, 0.25) is 0 Å². The summed E-state index contributed by atoms with van der Waals surface area (Å²) in [4.78, 5) is 0. The van der Waals surface area contributed by atoms with E-state index in [-0.39, 0.29) is 0 Å². The predicted molar refractivity (Wildman–Crippen MR) is 55.6 cm³/mol. The summed E-state index contributed by atoms with van der Waals surface area (Å²) in [5.74, 6) is 0. The first-order chi connectivity index (χ1) is 6.31. The van der Waals surface area contributed by atoms with Gasteiger partial charge in [-0.1, -0.05) is 0 Å². The molecular formula is C11H16N2+. The van der Waals surface area contributed by atoms with Gasteiger partial charge >= 0.3 is 0 Å². The number of piperazine rings is 1. The molecule has 0 saturated carbocycles. The van der Waals surface area contributed by atoms with Crippen LogP contribution >= 0.6 is 0 Å². The normalized spacial score (nSPS) is 21.3. The molecule has 0 unspecified atom stereocenters. The van der Waals surface area contributed by atoms with Crippen LogP contribution < -0.4 is 9.80 Å². The van der Waals surface area contributed by atoms with Gasteiger partial charge in [-0.05, 0) is 30.3 Å². The molecule has 0 amide bonds. The Morgan fingerprint density at radius 2 is 1.85 bits per heavy atom. The van der Waals surface area contributed by atoms with Crippen molar-refractivity contribution in [2.75, 3.05) is 33.2 Å². The van der Waals surface area contributed by atoms with Crippen LogP contribution in [0.25, 0.3) is 0 Å². The second-order valence-electron chi connectivity index (χ2n) is 3.85. The van der Waals surface area contributed by atoms with Crippen molar-refractivity contribution in [2.24, 2.45) is 0 Å². The highest BCUT2D eigenvalue weighted by molar-refractivity contribution is 5.41. The number of nitrogens with zero attached hydrogens (tertiary/aromatic N) is 1. The van der Waals surface area contributed by atoms with Crippen molar-refractivity contribution in [1.82, 2.24) is 9.80 Å². The first kappa shape index (κ1) is 8.73. The number of nitrogens with one attached hydrogen (secondary N) is 1. The summed E-state index contributed by atoms with van der Waals surface area (Å²) in [6.45, 7) is 4.61. The number of quaternary nitrogens is 1. The Morgan fingerprint density at radius 1 is 1.23 bits per heavy atom. The SMILES string of the molecule is C[N+]1(c2cc[c]cc2)CCNCC1. The molecule has 1 heterocycles. The van der Waals surface area contributed by atoms with Gasteiger partial charge in [-0.2, -0.15) is 0 Å². The lowest BCUT2D eigenvalue weighted by Crippen LogP contribution is -2.57. The van der Waals surface area contributed by atoms with Gasteiger partial charge in [0, 0.05) is 13.1 Å². The van der Waals surface area contributed by atoms with Gasteiger partial charge in [0.05, 0.1) is 20.1 Å². The van der Waals surface area contributed by atoms with Gasteiger partial charge in [-0.3, -0.25) is 4.48 Å². The zero-order chi connectivity index (χ0) is 9.15. The molecule has 0 aliphatic carbocycles. The first-order valence-electron chi connectivity index (χ1n) is 4.83. The van der Waals surface area contributed by atoms with Crippen molar-refractivity contribution in [3.8, 4) is 0 Å². The van der Waals surface area contributed by atoms with Crippen LogP contribution in [0.5, 0.6) is 0 Å². The molecule has 2 rings (SSSR count). The lowest BCUT2D eigenvalue weighted by atomic mass is 10.2. The van der Waals surface area contributed by atoms with Gasteiger partial charge in [-0.25, -0.2) is 0 Å². The van der Waals surface area contributed by atoms with Crippen LogP contribution in [-0.4, -0.2) is 33.2 Å². The molecule has 2 nitrogen and oxygen atoms in total. The van der Waals surface area contributed by atoms with E-state index in [1.54, 1.807) is 0 Å². The maximum atomic E-state index is 3.39. The predicted octanol–water partition coefficient (Wildman–Crippen LogP) is 1.03. The summed E-state index contributed by atoms with van der Waals surface area (Å²) in [7, 11) is 2.30.